The fraction of sp³-hybridized carbons (Fsp3) is 0.238. The highest BCUT2D eigenvalue weighted by molar-refractivity contribution is 7.13. The van der Waals surface area contributed by atoms with Crippen molar-refractivity contribution in [2.75, 3.05) is 6.54 Å². The summed E-state index contributed by atoms with van der Waals surface area (Å²) >= 11 is 1.60. The molecule has 0 bridgehead atoms. The molecule has 1 aromatic heterocycles. The smallest absolute Gasteiger partial charge is 0.260 e. The highest BCUT2D eigenvalue weighted by Crippen LogP contribution is 2.24. The molecule has 1 amide bonds. The minimum Gasteiger partial charge on any atom is -0.481 e. The fourth-order valence-corrected chi connectivity index (χ4v) is 3.34. The second kappa shape index (κ2) is 8.77. The maximum atomic E-state index is 12.9. The van der Waals surface area contributed by atoms with E-state index in [0.29, 0.717) is 18.7 Å². The molecule has 0 saturated heterocycles. The molecule has 1 atom stereocenters. The Morgan fingerprint density at radius 1 is 1.19 bits per heavy atom. The number of carbonyl (C=O) groups excluding carboxylic acids is 1. The van der Waals surface area contributed by atoms with Crippen molar-refractivity contribution in [2.45, 2.75) is 26.4 Å². The number of ether oxygens (including phenoxy) is 1. The number of rotatable bonds is 7. The standard InChI is InChI=1S/C21H21FN2O2S/c1-14-3-5-16(6-4-14)21-24-18(13-27-21)11-12-23-20(25)15(2)26-19-9-7-17(22)8-10-19/h3-10,13,15H,11-12H2,1-2H3,(H,23,25)/t15-/m1/s1. The maximum Gasteiger partial charge on any atom is 0.260 e. The first-order chi connectivity index (χ1) is 13.0. The molecular weight excluding hydrogens is 363 g/mol. The number of aryl methyl sites for hydroxylation is 1. The van der Waals surface area contributed by atoms with Gasteiger partial charge in [-0.1, -0.05) is 29.8 Å². The van der Waals surface area contributed by atoms with Crippen molar-refractivity contribution in [1.82, 2.24) is 10.3 Å². The van der Waals surface area contributed by atoms with E-state index in [1.54, 1.807) is 18.3 Å². The Morgan fingerprint density at radius 2 is 1.89 bits per heavy atom. The Morgan fingerprint density at radius 3 is 2.59 bits per heavy atom. The number of thiazole rings is 1. The van der Waals surface area contributed by atoms with Crippen molar-refractivity contribution in [3.8, 4) is 16.3 Å². The Labute approximate surface area is 162 Å². The SMILES string of the molecule is Cc1ccc(-c2nc(CCNC(=O)[C@@H](C)Oc3ccc(F)cc3)cs2)cc1. The van der Waals surface area contributed by atoms with Crippen molar-refractivity contribution in [2.24, 2.45) is 0 Å². The molecule has 0 aliphatic carbocycles. The molecule has 2 aromatic carbocycles. The number of aromatic nitrogens is 1. The molecule has 0 spiro atoms. The summed E-state index contributed by atoms with van der Waals surface area (Å²) in [5.41, 5.74) is 3.26. The van der Waals surface area contributed by atoms with E-state index in [1.807, 2.05) is 5.38 Å². The van der Waals surface area contributed by atoms with E-state index in [2.05, 4.69) is 41.5 Å². The van der Waals surface area contributed by atoms with Gasteiger partial charge in [-0.2, -0.15) is 0 Å². The summed E-state index contributed by atoms with van der Waals surface area (Å²) in [6, 6.07) is 13.9. The summed E-state index contributed by atoms with van der Waals surface area (Å²) < 4.78 is 18.4. The molecule has 4 nitrogen and oxygen atoms in total. The zero-order valence-corrected chi connectivity index (χ0v) is 16.1. The van der Waals surface area contributed by atoms with E-state index < -0.39 is 6.10 Å². The topological polar surface area (TPSA) is 51.2 Å². The lowest BCUT2D eigenvalue weighted by Gasteiger charge is -2.14. The Bertz CT molecular complexity index is 891. The third-order valence-electron chi connectivity index (χ3n) is 4.03. The van der Waals surface area contributed by atoms with Crippen LogP contribution in [0, 0.1) is 12.7 Å². The highest BCUT2D eigenvalue weighted by atomic mass is 32.1. The van der Waals surface area contributed by atoms with Crippen LogP contribution in [0.4, 0.5) is 4.39 Å². The zero-order valence-electron chi connectivity index (χ0n) is 15.2. The normalized spacial score (nSPS) is 11.8. The van der Waals surface area contributed by atoms with Crippen LogP contribution < -0.4 is 10.1 Å². The van der Waals surface area contributed by atoms with Crippen LogP contribution in [-0.2, 0) is 11.2 Å². The first-order valence-corrected chi connectivity index (χ1v) is 9.60. The van der Waals surface area contributed by atoms with Gasteiger partial charge in [-0.3, -0.25) is 4.79 Å². The number of hydrogen-bond acceptors (Lipinski definition) is 4. The van der Waals surface area contributed by atoms with Gasteiger partial charge in [0.25, 0.3) is 5.91 Å². The lowest BCUT2D eigenvalue weighted by Crippen LogP contribution is -2.37. The number of carbonyl (C=O) groups is 1. The lowest BCUT2D eigenvalue weighted by molar-refractivity contribution is -0.127. The summed E-state index contributed by atoms with van der Waals surface area (Å²) in [6.07, 6.45) is -0.00815. The van der Waals surface area contributed by atoms with Gasteiger partial charge in [0.05, 0.1) is 5.69 Å². The van der Waals surface area contributed by atoms with Crippen LogP contribution in [0.25, 0.3) is 10.6 Å². The van der Waals surface area contributed by atoms with Crippen molar-refractivity contribution >= 4 is 17.2 Å². The van der Waals surface area contributed by atoms with E-state index >= 15 is 0 Å². The fourth-order valence-electron chi connectivity index (χ4n) is 2.48. The molecular formula is C21H21FN2O2S. The number of amides is 1. The molecule has 3 rings (SSSR count). The predicted octanol–water partition coefficient (Wildman–Crippen LogP) is 4.38. The Balaban J connectivity index is 1.47. The maximum absolute atomic E-state index is 12.9. The Hall–Kier alpha value is -2.73. The van der Waals surface area contributed by atoms with Crippen LogP contribution in [0.5, 0.6) is 5.75 Å². The van der Waals surface area contributed by atoms with Crippen molar-refractivity contribution in [3.63, 3.8) is 0 Å². The van der Waals surface area contributed by atoms with Gasteiger partial charge < -0.3 is 10.1 Å². The third kappa shape index (κ3) is 5.37. The van der Waals surface area contributed by atoms with Crippen molar-refractivity contribution < 1.29 is 13.9 Å². The number of hydrogen-bond donors (Lipinski definition) is 1. The summed E-state index contributed by atoms with van der Waals surface area (Å²) in [4.78, 5) is 16.8. The van der Waals surface area contributed by atoms with Crippen LogP contribution in [0.3, 0.4) is 0 Å². The quantitative estimate of drug-likeness (QED) is 0.658. The summed E-state index contributed by atoms with van der Waals surface area (Å²) in [5.74, 6) is -0.0951. The molecule has 1 heterocycles. The molecule has 3 aromatic rings. The van der Waals surface area contributed by atoms with E-state index in [1.165, 1.54) is 29.8 Å². The number of benzene rings is 2. The van der Waals surface area contributed by atoms with E-state index in [4.69, 9.17) is 4.74 Å². The molecule has 27 heavy (non-hydrogen) atoms. The minimum absolute atomic E-state index is 0.215. The lowest BCUT2D eigenvalue weighted by atomic mass is 10.2. The average molecular weight is 384 g/mol. The molecule has 0 fully saturated rings. The van der Waals surface area contributed by atoms with Crippen molar-refractivity contribution in [3.05, 3.63) is 71.0 Å². The Kier molecular flexibility index (Phi) is 6.19. The first-order valence-electron chi connectivity index (χ1n) is 8.72. The molecule has 0 saturated carbocycles. The van der Waals surface area contributed by atoms with Crippen LogP contribution in [-0.4, -0.2) is 23.5 Å². The first kappa shape index (κ1) is 19.0. The highest BCUT2D eigenvalue weighted by Gasteiger charge is 2.14. The largest absolute Gasteiger partial charge is 0.481 e. The second-order valence-electron chi connectivity index (χ2n) is 6.27. The van der Waals surface area contributed by atoms with E-state index in [9.17, 15) is 9.18 Å². The monoisotopic (exact) mass is 384 g/mol. The van der Waals surface area contributed by atoms with Gasteiger partial charge in [0.1, 0.15) is 16.6 Å². The molecule has 0 radical (unpaired) electrons. The van der Waals surface area contributed by atoms with Gasteiger partial charge in [0, 0.05) is 23.9 Å². The summed E-state index contributed by atoms with van der Waals surface area (Å²) in [7, 11) is 0. The molecule has 0 unspecified atom stereocenters. The van der Waals surface area contributed by atoms with Crippen LogP contribution in [0.1, 0.15) is 18.2 Å². The van der Waals surface area contributed by atoms with Crippen LogP contribution in [0.2, 0.25) is 0 Å². The zero-order chi connectivity index (χ0) is 19.2. The van der Waals surface area contributed by atoms with Gasteiger partial charge in [0.15, 0.2) is 6.10 Å². The summed E-state index contributed by atoms with van der Waals surface area (Å²) in [6.45, 7) is 4.20. The van der Waals surface area contributed by atoms with Gasteiger partial charge in [-0.15, -0.1) is 11.3 Å². The number of nitrogens with one attached hydrogen (secondary N) is 1. The predicted molar refractivity (Wildman–Crippen MR) is 105 cm³/mol. The molecule has 0 aliphatic rings. The van der Waals surface area contributed by atoms with Crippen LogP contribution in [0.15, 0.2) is 53.9 Å². The van der Waals surface area contributed by atoms with Gasteiger partial charge >= 0.3 is 0 Å². The summed E-state index contributed by atoms with van der Waals surface area (Å²) in [5, 5.41) is 5.84. The molecule has 0 aliphatic heterocycles. The molecule has 140 valence electrons. The second-order valence-corrected chi connectivity index (χ2v) is 7.12. The van der Waals surface area contributed by atoms with Gasteiger partial charge in [-0.25, -0.2) is 9.37 Å². The van der Waals surface area contributed by atoms with Gasteiger partial charge in [-0.05, 0) is 38.1 Å². The number of halogens is 1. The van der Waals surface area contributed by atoms with Crippen molar-refractivity contribution in [1.29, 1.82) is 0 Å². The van der Waals surface area contributed by atoms with E-state index in [-0.39, 0.29) is 11.7 Å². The van der Waals surface area contributed by atoms with Crippen LogP contribution >= 0.6 is 11.3 Å². The van der Waals surface area contributed by atoms with Gasteiger partial charge in [0.2, 0.25) is 0 Å². The average Bonchev–Trinajstić information content (AvgIpc) is 3.13. The third-order valence-corrected chi connectivity index (χ3v) is 4.97. The minimum atomic E-state index is -0.658. The molecule has 6 heteroatoms. The number of nitrogens with zero attached hydrogens (tertiary/aromatic N) is 1. The molecule has 1 N–H and O–H groups in total. The van der Waals surface area contributed by atoms with E-state index in [0.717, 1.165) is 16.3 Å².